The van der Waals surface area contributed by atoms with Crippen molar-refractivity contribution in [3.05, 3.63) is 29.8 Å². The van der Waals surface area contributed by atoms with Gasteiger partial charge in [-0.05, 0) is 18.9 Å². The second kappa shape index (κ2) is 3.26. The normalized spacial score (nSPS) is 20.2. The van der Waals surface area contributed by atoms with E-state index in [4.69, 9.17) is 10.5 Å². The second-order valence-electron chi connectivity index (χ2n) is 3.88. The summed E-state index contributed by atoms with van der Waals surface area (Å²) in [4.78, 5) is 0. The zero-order valence-corrected chi connectivity index (χ0v) is 8.23. The fourth-order valence-corrected chi connectivity index (χ4v) is 1.62. The van der Waals surface area contributed by atoms with Crippen molar-refractivity contribution in [1.82, 2.24) is 0 Å². The summed E-state index contributed by atoms with van der Waals surface area (Å²) in [6.07, 6.45) is 1.15. The monoisotopic (exact) mass is 193 g/mol. The molecule has 14 heavy (non-hydrogen) atoms. The van der Waals surface area contributed by atoms with E-state index in [9.17, 15) is 5.11 Å². The molecule has 0 saturated heterocycles. The van der Waals surface area contributed by atoms with Gasteiger partial charge in [-0.25, -0.2) is 0 Å². The molecule has 0 radical (unpaired) electrons. The van der Waals surface area contributed by atoms with Gasteiger partial charge in [-0.1, -0.05) is 18.2 Å². The van der Waals surface area contributed by atoms with Gasteiger partial charge in [-0.15, -0.1) is 0 Å². The number of aliphatic hydroxyl groups is 1. The molecular formula is C11H15NO2. The summed E-state index contributed by atoms with van der Waals surface area (Å²) in [5.74, 6) is 0.705. The molecule has 1 aromatic rings. The van der Waals surface area contributed by atoms with Crippen LogP contribution in [0.4, 0.5) is 0 Å². The number of rotatable bonds is 3. The molecule has 3 nitrogen and oxygen atoms in total. The summed E-state index contributed by atoms with van der Waals surface area (Å²) in [7, 11) is 1.60. The number of hydrogen-bond donors (Lipinski definition) is 2. The first-order chi connectivity index (χ1) is 6.67. The van der Waals surface area contributed by atoms with Crippen LogP contribution in [0.3, 0.4) is 0 Å². The summed E-state index contributed by atoms with van der Waals surface area (Å²) < 4.78 is 5.17. The highest BCUT2D eigenvalue weighted by atomic mass is 16.5. The van der Waals surface area contributed by atoms with E-state index in [-0.39, 0.29) is 0 Å². The topological polar surface area (TPSA) is 55.5 Å². The molecule has 0 aliphatic heterocycles. The maximum atomic E-state index is 10.0. The van der Waals surface area contributed by atoms with E-state index in [0.717, 1.165) is 18.4 Å². The first-order valence-electron chi connectivity index (χ1n) is 4.77. The van der Waals surface area contributed by atoms with Gasteiger partial charge < -0.3 is 15.6 Å². The third-order valence-corrected chi connectivity index (χ3v) is 2.81. The lowest BCUT2D eigenvalue weighted by atomic mass is 10.0. The first kappa shape index (κ1) is 9.49. The molecule has 0 amide bonds. The first-order valence-corrected chi connectivity index (χ1v) is 4.77. The Balaban J connectivity index is 2.30. The maximum Gasteiger partial charge on any atom is 0.124 e. The van der Waals surface area contributed by atoms with Gasteiger partial charge in [0.05, 0.1) is 7.11 Å². The van der Waals surface area contributed by atoms with Crippen molar-refractivity contribution in [3.8, 4) is 5.75 Å². The molecule has 1 aliphatic carbocycles. The van der Waals surface area contributed by atoms with Crippen LogP contribution in [0.15, 0.2) is 24.3 Å². The molecule has 1 atom stereocenters. The molecular weight excluding hydrogens is 178 g/mol. The van der Waals surface area contributed by atoms with E-state index in [1.807, 2.05) is 24.3 Å². The Hall–Kier alpha value is -1.06. The van der Waals surface area contributed by atoms with Gasteiger partial charge in [0.25, 0.3) is 0 Å². The Morgan fingerprint density at radius 1 is 1.43 bits per heavy atom. The number of ether oxygens (including phenoxy) is 1. The van der Waals surface area contributed by atoms with Crippen molar-refractivity contribution < 1.29 is 9.84 Å². The molecule has 2 rings (SSSR count). The number of nitrogens with two attached hydrogens (primary N) is 1. The predicted octanol–water partition coefficient (Wildman–Crippen LogP) is 1.22. The van der Waals surface area contributed by atoms with Crippen LogP contribution < -0.4 is 10.5 Å². The Bertz CT molecular complexity index is 334. The molecule has 0 bridgehead atoms. The van der Waals surface area contributed by atoms with E-state index in [1.54, 1.807) is 7.11 Å². The van der Waals surface area contributed by atoms with Crippen molar-refractivity contribution in [1.29, 1.82) is 0 Å². The second-order valence-corrected chi connectivity index (χ2v) is 3.88. The zero-order valence-electron chi connectivity index (χ0n) is 8.23. The number of aliphatic hydroxyl groups excluding tert-OH is 1. The largest absolute Gasteiger partial charge is 0.496 e. The Morgan fingerprint density at radius 2 is 2.07 bits per heavy atom. The van der Waals surface area contributed by atoms with Crippen LogP contribution in [-0.2, 0) is 0 Å². The molecule has 1 saturated carbocycles. The number of para-hydroxylation sites is 1. The smallest absolute Gasteiger partial charge is 0.124 e. The number of methoxy groups -OCH3 is 1. The van der Waals surface area contributed by atoms with Crippen molar-refractivity contribution in [2.75, 3.05) is 7.11 Å². The molecule has 3 N–H and O–H groups in total. The molecule has 0 spiro atoms. The molecule has 0 aromatic heterocycles. The summed E-state index contributed by atoms with van der Waals surface area (Å²) in [6.45, 7) is 0. The molecule has 1 aliphatic rings. The summed E-state index contributed by atoms with van der Waals surface area (Å²) in [6, 6.07) is 7.46. The third kappa shape index (κ3) is 1.49. The van der Waals surface area contributed by atoms with Gasteiger partial charge >= 0.3 is 0 Å². The Morgan fingerprint density at radius 3 is 2.64 bits per heavy atom. The fraction of sp³-hybridized carbons (Fsp3) is 0.455. The Kier molecular flexibility index (Phi) is 2.21. The SMILES string of the molecule is COc1ccccc1C(O)C1(N)CC1. The summed E-state index contributed by atoms with van der Waals surface area (Å²) in [5, 5.41) is 10.0. The van der Waals surface area contributed by atoms with Crippen LogP contribution >= 0.6 is 0 Å². The average molecular weight is 193 g/mol. The fourth-order valence-electron chi connectivity index (χ4n) is 1.62. The Labute approximate surface area is 83.5 Å². The van der Waals surface area contributed by atoms with Gasteiger partial charge in [0.1, 0.15) is 11.9 Å². The standard InChI is InChI=1S/C11H15NO2/c1-14-9-5-3-2-4-8(9)10(13)11(12)6-7-11/h2-5,10,13H,6-7,12H2,1H3. The number of benzene rings is 1. The van der Waals surface area contributed by atoms with Crippen molar-refractivity contribution in [2.45, 2.75) is 24.5 Å². The van der Waals surface area contributed by atoms with Crippen LogP contribution in [0.25, 0.3) is 0 Å². The van der Waals surface area contributed by atoms with Crippen LogP contribution in [0.1, 0.15) is 24.5 Å². The van der Waals surface area contributed by atoms with Crippen molar-refractivity contribution in [3.63, 3.8) is 0 Å². The number of hydrogen-bond acceptors (Lipinski definition) is 3. The van der Waals surface area contributed by atoms with Gasteiger partial charge in [0.15, 0.2) is 0 Å². The minimum absolute atomic E-state index is 0.422. The average Bonchev–Trinajstić information content (AvgIpc) is 2.97. The van der Waals surface area contributed by atoms with Gasteiger partial charge in [0, 0.05) is 11.1 Å². The predicted molar refractivity (Wildman–Crippen MR) is 54.1 cm³/mol. The van der Waals surface area contributed by atoms with Crippen LogP contribution in [0.5, 0.6) is 5.75 Å². The van der Waals surface area contributed by atoms with Crippen molar-refractivity contribution in [2.24, 2.45) is 5.73 Å². The summed E-state index contributed by atoms with van der Waals surface area (Å²) in [5.41, 5.74) is 6.31. The molecule has 1 aromatic carbocycles. The molecule has 76 valence electrons. The minimum atomic E-state index is -0.612. The molecule has 1 unspecified atom stereocenters. The van der Waals surface area contributed by atoms with Crippen molar-refractivity contribution >= 4 is 0 Å². The van der Waals surface area contributed by atoms with E-state index in [2.05, 4.69) is 0 Å². The molecule has 3 heteroatoms. The quantitative estimate of drug-likeness (QED) is 0.759. The van der Waals surface area contributed by atoms with Crippen LogP contribution in [0, 0.1) is 0 Å². The van der Waals surface area contributed by atoms with Gasteiger partial charge in [-0.2, -0.15) is 0 Å². The van der Waals surface area contributed by atoms with Crippen LogP contribution in [-0.4, -0.2) is 17.8 Å². The van der Waals surface area contributed by atoms with E-state index >= 15 is 0 Å². The maximum absolute atomic E-state index is 10.0. The third-order valence-electron chi connectivity index (χ3n) is 2.81. The lowest BCUT2D eigenvalue weighted by molar-refractivity contribution is 0.132. The van der Waals surface area contributed by atoms with Gasteiger partial charge in [0.2, 0.25) is 0 Å². The van der Waals surface area contributed by atoms with Gasteiger partial charge in [-0.3, -0.25) is 0 Å². The zero-order chi connectivity index (χ0) is 10.2. The molecule has 1 fully saturated rings. The van der Waals surface area contributed by atoms with E-state index in [0.29, 0.717) is 5.75 Å². The lowest BCUT2D eigenvalue weighted by Gasteiger charge is -2.20. The van der Waals surface area contributed by atoms with E-state index in [1.165, 1.54) is 0 Å². The highest BCUT2D eigenvalue weighted by molar-refractivity contribution is 5.37. The van der Waals surface area contributed by atoms with Crippen LogP contribution in [0.2, 0.25) is 0 Å². The highest BCUT2D eigenvalue weighted by Gasteiger charge is 2.46. The minimum Gasteiger partial charge on any atom is -0.496 e. The van der Waals surface area contributed by atoms with E-state index < -0.39 is 11.6 Å². The highest BCUT2D eigenvalue weighted by Crippen LogP contribution is 2.45. The lowest BCUT2D eigenvalue weighted by Crippen LogP contribution is -2.30. The molecule has 0 heterocycles. The summed E-state index contributed by atoms with van der Waals surface area (Å²) >= 11 is 0.